The van der Waals surface area contributed by atoms with Gasteiger partial charge in [-0.25, -0.2) is 14.6 Å². The Morgan fingerprint density at radius 3 is 2.45 bits per heavy atom. The fourth-order valence-electron chi connectivity index (χ4n) is 3.11. The molecule has 2 aromatic rings. The summed E-state index contributed by atoms with van der Waals surface area (Å²) in [6, 6.07) is 5.49. The predicted octanol–water partition coefficient (Wildman–Crippen LogP) is 3.25. The van der Waals surface area contributed by atoms with Gasteiger partial charge in [0, 0.05) is 37.2 Å². The van der Waals surface area contributed by atoms with Crippen molar-refractivity contribution in [1.82, 2.24) is 14.8 Å². The van der Waals surface area contributed by atoms with Crippen molar-refractivity contribution in [3.05, 3.63) is 40.4 Å². The van der Waals surface area contributed by atoms with E-state index >= 15 is 0 Å². The summed E-state index contributed by atoms with van der Waals surface area (Å²) in [6.07, 6.45) is -0.233. The number of ether oxygens (including phenoxy) is 1. The molecule has 0 aliphatic carbocycles. The van der Waals surface area contributed by atoms with Gasteiger partial charge in [-0.15, -0.1) is 11.3 Å². The number of urea groups is 1. The molecule has 0 bridgehead atoms. The van der Waals surface area contributed by atoms with E-state index in [1.807, 2.05) is 32.0 Å². The van der Waals surface area contributed by atoms with E-state index in [2.05, 4.69) is 15.6 Å². The van der Waals surface area contributed by atoms with Gasteiger partial charge in [0.15, 0.2) is 5.13 Å². The summed E-state index contributed by atoms with van der Waals surface area (Å²) < 4.78 is 4.98. The first-order valence-corrected chi connectivity index (χ1v) is 11.0. The summed E-state index contributed by atoms with van der Waals surface area (Å²) in [5, 5.41) is 7.83. The van der Waals surface area contributed by atoms with Crippen molar-refractivity contribution in [3.8, 4) is 0 Å². The lowest BCUT2D eigenvalue weighted by Gasteiger charge is -2.33. The van der Waals surface area contributed by atoms with Crippen LogP contribution in [0.25, 0.3) is 0 Å². The van der Waals surface area contributed by atoms with E-state index in [-0.39, 0.29) is 24.5 Å². The van der Waals surface area contributed by atoms with Gasteiger partial charge < -0.3 is 19.9 Å². The number of hydrogen-bond donors (Lipinski definition) is 2. The summed E-state index contributed by atoms with van der Waals surface area (Å²) in [5.41, 5.74) is 3.62. The molecule has 1 aromatic carbocycles. The molecule has 1 aromatic heterocycles. The van der Waals surface area contributed by atoms with Crippen LogP contribution in [0.1, 0.15) is 23.7 Å². The van der Waals surface area contributed by atoms with Crippen molar-refractivity contribution >= 4 is 40.2 Å². The molecular weight excluding hydrogens is 418 g/mol. The summed E-state index contributed by atoms with van der Waals surface area (Å²) in [4.78, 5) is 44.1. The fourth-order valence-corrected chi connectivity index (χ4v) is 3.81. The Hall–Kier alpha value is -3.14. The number of aryl methyl sites for hydroxylation is 2. The lowest BCUT2D eigenvalue weighted by Crippen LogP contribution is -2.51. The molecule has 1 aliphatic heterocycles. The van der Waals surface area contributed by atoms with Crippen molar-refractivity contribution in [2.75, 3.05) is 43.4 Å². The number of hydrogen-bond acceptors (Lipinski definition) is 6. The number of thiazole rings is 1. The third kappa shape index (κ3) is 6.17. The Morgan fingerprint density at radius 1 is 1.06 bits per heavy atom. The molecule has 10 heteroatoms. The molecule has 0 spiro atoms. The van der Waals surface area contributed by atoms with Crippen LogP contribution in [0.3, 0.4) is 0 Å². The number of rotatable bonds is 5. The molecule has 0 unspecified atom stereocenters. The van der Waals surface area contributed by atoms with Gasteiger partial charge in [0.2, 0.25) is 5.91 Å². The fraction of sp³-hybridized carbons (Fsp3) is 0.429. The Bertz CT molecular complexity index is 953. The molecule has 1 aliphatic rings. The maximum Gasteiger partial charge on any atom is 0.409 e. The van der Waals surface area contributed by atoms with E-state index in [4.69, 9.17) is 4.74 Å². The molecule has 166 valence electrons. The zero-order valence-electron chi connectivity index (χ0n) is 17.9. The normalized spacial score (nSPS) is 13.6. The zero-order valence-corrected chi connectivity index (χ0v) is 18.8. The molecule has 2 N–H and O–H groups in total. The summed E-state index contributed by atoms with van der Waals surface area (Å²) in [5.74, 6) is -0.165. The van der Waals surface area contributed by atoms with Crippen LogP contribution in [0.15, 0.2) is 23.6 Å². The van der Waals surface area contributed by atoms with E-state index in [0.29, 0.717) is 43.6 Å². The Kier molecular flexibility index (Phi) is 7.45. The van der Waals surface area contributed by atoms with E-state index in [1.54, 1.807) is 22.1 Å². The van der Waals surface area contributed by atoms with Crippen molar-refractivity contribution < 1.29 is 19.1 Å². The number of carbonyl (C=O) groups is 3. The second-order valence-electron chi connectivity index (χ2n) is 7.27. The minimum absolute atomic E-state index is 0.123. The second-order valence-corrected chi connectivity index (χ2v) is 8.13. The number of piperazine rings is 1. The van der Waals surface area contributed by atoms with E-state index < -0.39 is 0 Å². The van der Waals surface area contributed by atoms with Crippen molar-refractivity contribution in [1.29, 1.82) is 0 Å². The smallest absolute Gasteiger partial charge is 0.409 e. The van der Waals surface area contributed by atoms with Crippen molar-refractivity contribution in [2.24, 2.45) is 0 Å². The van der Waals surface area contributed by atoms with Gasteiger partial charge in [-0.05, 0) is 44.0 Å². The quantitative estimate of drug-likeness (QED) is 0.735. The standard InChI is InChI=1S/C21H27N5O4S/c1-4-30-21(29)26-9-7-25(8-10-26)20(28)24-19-23-17(13-31-19)12-18(27)22-16-6-5-14(2)15(3)11-16/h5-6,11,13H,4,7-10,12H2,1-3H3,(H,22,27)(H,23,24,28). The average molecular weight is 446 g/mol. The third-order valence-electron chi connectivity index (χ3n) is 4.99. The Morgan fingerprint density at radius 2 is 1.77 bits per heavy atom. The molecule has 9 nitrogen and oxygen atoms in total. The molecular formula is C21H27N5O4S. The second kappa shape index (κ2) is 10.3. The van der Waals surface area contributed by atoms with Crippen molar-refractivity contribution in [3.63, 3.8) is 0 Å². The number of aromatic nitrogens is 1. The summed E-state index contributed by atoms with van der Waals surface area (Å²) in [7, 11) is 0. The summed E-state index contributed by atoms with van der Waals surface area (Å²) in [6.45, 7) is 7.79. The van der Waals surface area contributed by atoms with Gasteiger partial charge in [-0.2, -0.15) is 0 Å². The van der Waals surface area contributed by atoms with Crippen LogP contribution in [0, 0.1) is 13.8 Å². The number of anilines is 2. The van der Waals surface area contributed by atoms with Crippen LogP contribution < -0.4 is 10.6 Å². The van der Waals surface area contributed by atoms with Gasteiger partial charge in [0.05, 0.1) is 18.7 Å². The SMILES string of the molecule is CCOC(=O)N1CCN(C(=O)Nc2nc(CC(=O)Nc3ccc(C)c(C)c3)cs2)CC1. The number of nitrogens with one attached hydrogen (secondary N) is 2. The van der Waals surface area contributed by atoms with Gasteiger partial charge in [-0.1, -0.05) is 6.07 Å². The lowest BCUT2D eigenvalue weighted by atomic mass is 10.1. The first kappa shape index (κ1) is 22.5. The monoisotopic (exact) mass is 445 g/mol. The topological polar surface area (TPSA) is 104 Å². The first-order valence-electron chi connectivity index (χ1n) is 10.1. The highest BCUT2D eigenvalue weighted by atomic mass is 32.1. The van der Waals surface area contributed by atoms with Gasteiger partial charge in [0.1, 0.15) is 0 Å². The molecule has 2 heterocycles. The number of amides is 4. The number of nitrogens with zero attached hydrogens (tertiary/aromatic N) is 3. The Balaban J connectivity index is 1.47. The van der Waals surface area contributed by atoms with Crippen LogP contribution in [0.4, 0.5) is 20.4 Å². The molecule has 3 rings (SSSR count). The predicted molar refractivity (Wildman–Crippen MR) is 120 cm³/mol. The van der Waals surface area contributed by atoms with Gasteiger partial charge in [0.25, 0.3) is 0 Å². The average Bonchev–Trinajstić information content (AvgIpc) is 3.17. The molecule has 1 fully saturated rings. The molecule has 31 heavy (non-hydrogen) atoms. The third-order valence-corrected chi connectivity index (χ3v) is 5.80. The van der Waals surface area contributed by atoms with E-state index in [0.717, 1.165) is 11.3 Å². The van der Waals surface area contributed by atoms with E-state index in [9.17, 15) is 14.4 Å². The first-order chi connectivity index (χ1) is 14.9. The maximum absolute atomic E-state index is 12.5. The minimum Gasteiger partial charge on any atom is -0.450 e. The maximum atomic E-state index is 12.5. The highest BCUT2D eigenvalue weighted by Crippen LogP contribution is 2.18. The van der Waals surface area contributed by atoms with Gasteiger partial charge >= 0.3 is 12.1 Å². The van der Waals surface area contributed by atoms with Crippen LogP contribution >= 0.6 is 11.3 Å². The van der Waals surface area contributed by atoms with Crippen LogP contribution in [0.5, 0.6) is 0 Å². The molecule has 1 saturated heterocycles. The molecule has 0 saturated carbocycles. The molecule has 0 radical (unpaired) electrons. The lowest BCUT2D eigenvalue weighted by molar-refractivity contribution is -0.115. The molecule has 0 atom stereocenters. The highest BCUT2D eigenvalue weighted by Gasteiger charge is 2.25. The number of benzene rings is 1. The van der Waals surface area contributed by atoms with Gasteiger partial charge in [-0.3, -0.25) is 10.1 Å². The summed E-state index contributed by atoms with van der Waals surface area (Å²) >= 11 is 1.27. The Labute approximate surface area is 185 Å². The minimum atomic E-state index is -0.355. The van der Waals surface area contributed by atoms with Crippen LogP contribution in [-0.4, -0.2) is 65.6 Å². The zero-order chi connectivity index (χ0) is 22.4. The number of carbonyl (C=O) groups excluding carboxylic acids is 3. The van der Waals surface area contributed by atoms with Crippen LogP contribution in [-0.2, 0) is 16.0 Å². The van der Waals surface area contributed by atoms with Crippen LogP contribution in [0.2, 0.25) is 0 Å². The highest BCUT2D eigenvalue weighted by molar-refractivity contribution is 7.13. The largest absolute Gasteiger partial charge is 0.450 e. The van der Waals surface area contributed by atoms with E-state index in [1.165, 1.54) is 16.9 Å². The van der Waals surface area contributed by atoms with Crippen molar-refractivity contribution in [2.45, 2.75) is 27.2 Å². The molecule has 4 amide bonds.